The van der Waals surface area contributed by atoms with E-state index in [1.54, 1.807) is 12.1 Å². The van der Waals surface area contributed by atoms with Crippen molar-refractivity contribution in [2.24, 2.45) is 0 Å². The molecule has 6 heteroatoms. The zero-order valence-electron chi connectivity index (χ0n) is 8.38. The van der Waals surface area contributed by atoms with Gasteiger partial charge in [0.15, 0.2) is 0 Å². The minimum atomic E-state index is -4.84. The average Bonchev–Trinajstić information content (AvgIpc) is 2.17. The minimum Gasteiger partial charge on any atom is -0.305 e. The van der Waals surface area contributed by atoms with Crippen molar-refractivity contribution in [1.82, 2.24) is 0 Å². The number of hydrogen-bond donors (Lipinski definition) is 0. The SMILES string of the molecule is CCN(C(=O)C(F)(F)F)c1cccc(I)c1. The zero-order chi connectivity index (χ0) is 12.3. The number of carbonyl (C=O) groups excluding carboxylic acids is 1. The first-order valence-corrected chi connectivity index (χ1v) is 5.58. The Morgan fingerprint density at radius 1 is 1.44 bits per heavy atom. The third-order valence-electron chi connectivity index (χ3n) is 1.92. The van der Waals surface area contributed by atoms with Gasteiger partial charge in [-0.2, -0.15) is 13.2 Å². The summed E-state index contributed by atoms with van der Waals surface area (Å²) in [6.45, 7) is 1.49. The van der Waals surface area contributed by atoms with E-state index in [1.807, 2.05) is 22.6 Å². The number of rotatable bonds is 2. The molecule has 88 valence electrons. The van der Waals surface area contributed by atoms with E-state index in [4.69, 9.17) is 0 Å². The molecule has 0 aliphatic carbocycles. The average molecular weight is 343 g/mol. The van der Waals surface area contributed by atoms with Gasteiger partial charge in [-0.25, -0.2) is 0 Å². The second kappa shape index (κ2) is 5.03. The van der Waals surface area contributed by atoms with Gasteiger partial charge in [-0.3, -0.25) is 4.79 Å². The molecule has 0 spiro atoms. The van der Waals surface area contributed by atoms with Crippen molar-refractivity contribution in [1.29, 1.82) is 0 Å². The predicted octanol–water partition coefficient (Wildman–Crippen LogP) is 3.21. The molecule has 0 aliphatic rings. The number of nitrogens with zero attached hydrogens (tertiary/aromatic N) is 1. The van der Waals surface area contributed by atoms with Crippen LogP contribution in [0.5, 0.6) is 0 Å². The van der Waals surface area contributed by atoms with Gasteiger partial charge in [0.05, 0.1) is 0 Å². The van der Waals surface area contributed by atoms with E-state index in [0.29, 0.717) is 4.90 Å². The van der Waals surface area contributed by atoms with Gasteiger partial charge in [-0.15, -0.1) is 0 Å². The molecule has 0 aliphatic heterocycles. The van der Waals surface area contributed by atoms with Gasteiger partial charge in [0.1, 0.15) is 0 Å². The van der Waals surface area contributed by atoms with Crippen LogP contribution in [0.3, 0.4) is 0 Å². The number of anilines is 1. The van der Waals surface area contributed by atoms with Crippen LogP contribution in [0.15, 0.2) is 24.3 Å². The Morgan fingerprint density at radius 2 is 2.06 bits per heavy atom. The molecular formula is C10H9F3INO. The third kappa shape index (κ3) is 3.10. The summed E-state index contributed by atoms with van der Waals surface area (Å²) in [6.07, 6.45) is -4.84. The standard InChI is InChI=1S/C10H9F3INO/c1-2-15(9(16)10(11,12)13)8-5-3-4-7(14)6-8/h3-6H,2H2,1H3. The molecule has 0 heterocycles. The zero-order valence-corrected chi connectivity index (χ0v) is 10.5. The normalized spacial score (nSPS) is 11.3. The molecule has 0 N–H and O–H groups in total. The van der Waals surface area contributed by atoms with Crippen LogP contribution >= 0.6 is 22.6 Å². The highest BCUT2D eigenvalue weighted by Crippen LogP contribution is 2.24. The van der Waals surface area contributed by atoms with E-state index >= 15 is 0 Å². The maximum atomic E-state index is 12.3. The lowest BCUT2D eigenvalue weighted by Crippen LogP contribution is -2.41. The van der Waals surface area contributed by atoms with E-state index in [0.717, 1.165) is 3.57 Å². The lowest BCUT2D eigenvalue weighted by Gasteiger charge is -2.22. The Kier molecular flexibility index (Phi) is 4.17. The first-order chi connectivity index (χ1) is 7.36. The third-order valence-corrected chi connectivity index (χ3v) is 2.59. The Morgan fingerprint density at radius 3 is 2.50 bits per heavy atom. The van der Waals surface area contributed by atoms with Crippen LogP contribution in [0.4, 0.5) is 18.9 Å². The Hall–Kier alpha value is -0.790. The van der Waals surface area contributed by atoms with Crippen molar-refractivity contribution in [2.45, 2.75) is 13.1 Å². The molecule has 1 aromatic rings. The molecular weight excluding hydrogens is 334 g/mol. The largest absolute Gasteiger partial charge is 0.471 e. The molecule has 1 rings (SSSR count). The van der Waals surface area contributed by atoms with Gasteiger partial charge in [0, 0.05) is 15.8 Å². The van der Waals surface area contributed by atoms with Gasteiger partial charge < -0.3 is 4.90 Å². The second-order valence-electron chi connectivity index (χ2n) is 3.03. The highest BCUT2D eigenvalue weighted by molar-refractivity contribution is 14.1. The van der Waals surface area contributed by atoms with Crippen molar-refractivity contribution in [3.8, 4) is 0 Å². The van der Waals surface area contributed by atoms with Crippen LogP contribution in [0.1, 0.15) is 6.92 Å². The summed E-state index contributed by atoms with van der Waals surface area (Å²) in [5.41, 5.74) is 0.261. The van der Waals surface area contributed by atoms with Crippen molar-refractivity contribution in [2.75, 3.05) is 11.4 Å². The van der Waals surface area contributed by atoms with Crippen molar-refractivity contribution in [3.63, 3.8) is 0 Å². The van der Waals surface area contributed by atoms with Crippen LogP contribution in [0, 0.1) is 3.57 Å². The van der Waals surface area contributed by atoms with Crippen LogP contribution in [-0.4, -0.2) is 18.6 Å². The van der Waals surface area contributed by atoms with Gasteiger partial charge in [-0.1, -0.05) is 6.07 Å². The van der Waals surface area contributed by atoms with E-state index < -0.39 is 12.1 Å². The smallest absolute Gasteiger partial charge is 0.305 e. The van der Waals surface area contributed by atoms with Crippen LogP contribution in [-0.2, 0) is 4.79 Å². The molecule has 0 atom stereocenters. The monoisotopic (exact) mass is 343 g/mol. The fourth-order valence-electron chi connectivity index (χ4n) is 1.24. The fourth-order valence-corrected chi connectivity index (χ4v) is 1.77. The Labute approximate surface area is 105 Å². The summed E-state index contributed by atoms with van der Waals surface area (Å²) in [5, 5.41) is 0. The van der Waals surface area contributed by atoms with Crippen LogP contribution in [0.2, 0.25) is 0 Å². The Balaban J connectivity index is 3.04. The van der Waals surface area contributed by atoms with E-state index in [9.17, 15) is 18.0 Å². The topological polar surface area (TPSA) is 20.3 Å². The summed E-state index contributed by atoms with van der Waals surface area (Å²) >= 11 is 1.98. The summed E-state index contributed by atoms with van der Waals surface area (Å²) in [7, 11) is 0. The van der Waals surface area contributed by atoms with Gasteiger partial charge in [-0.05, 0) is 47.7 Å². The number of hydrogen-bond acceptors (Lipinski definition) is 1. The quantitative estimate of drug-likeness (QED) is 0.756. The van der Waals surface area contributed by atoms with E-state index in [1.165, 1.54) is 19.1 Å². The fraction of sp³-hybridized carbons (Fsp3) is 0.300. The maximum Gasteiger partial charge on any atom is 0.471 e. The summed E-state index contributed by atoms with van der Waals surface area (Å²) in [4.78, 5) is 11.8. The molecule has 0 saturated carbocycles. The second-order valence-corrected chi connectivity index (χ2v) is 4.27. The van der Waals surface area contributed by atoms with Crippen molar-refractivity contribution in [3.05, 3.63) is 27.8 Å². The molecule has 0 saturated heterocycles. The van der Waals surface area contributed by atoms with Gasteiger partial charge >= 0.3 is 12.1 Å². The number of alkyl halides is 3. The molecule has 16 heavy (non-hydrogen) atoms. The van der Waals surface area contributed by atoms with Gasteiger partial charge in [0.25, 0.3) is 0 Å². The highest BCUT2D eigenvalue weighted by atomic mass is 127. The molecule has 0 unspecified atom stereocenters. The van der Waals surface area contributed by atoms with Crippen molar-refractivity contribution < 1.29 is 18.0 Å². The number of amides is 1. The lowest BCUT2D eigenvalue weighted by atomic mass is 10.3. The summed E-state index contributed by atoms with van der Waals surface area (Å²) in [6, 6.07) is 6.38. The first kappa shape index (κ1) is 13.3. The summed E-state index contributed by atoms with van der Waals surface area (Å²) in [5.74, 6) is -1.84. The summed E-state index contributed by atoms with van der Waals surface area (Å²) < 4.78 is 37.6. The molecule has 2 nitrogen and oxygen atoms in total. The molecule has 0 radical (unpaired) electrons. The minimum absolute atomic E-state index is 0.0154. The van der Waals surface area contributed by atoms with E-state index in [-0.39, 0.29) is 12.2 Å². The number of benzene rings is 1. The molecule has 0 aromatic heterocycles. The highest BCUT2D eigenvalue weighted by Gasteiger charge is 2.42. The number of halogens is 4. The first-order valence-electron chi connectivity index (χ1n) is 4.50. The predicted molar refractivity (Wildman–Crippen MR) is 63.2 cm³/mol. The lowest BCUT2D eigenvalue weighted by molar-refractivity contribution is -0.170. The number of carbonyl (C=O) groups is 1. The Bertz CT molecular complexity index is 392. The van der Waals surface area contributed by atoms with Crippen LogP contribution in [0.25, 0.3) is 0 Å². The molecule has 0 bridgehead atoms. The molecule has 1 amide bonds. The van der Waals surface area contributed by atoms with Crippen LogP contribution < -0.4 is 4.90 Å². The molecule has 1 aromatic carbocycles. The van der Waals surface area contributed by atoms with E-state index in [2.05, 4.69) is 0 Å². The van der Waals surface area contributed by atoms with Gasteiger partial charge in [0.2, 0.25) is 0 Å². The molecule has 0 fully saturated rings. The maximum absolute atomic E-state index is 12.3. The van der Waals surface area contributed by atoms with Crippen molar-refractivity contribution >= 4 is 34.2 Å².